The van der Waals surface area contributed by atoms with Crippen LogP contribution in [-0.4, -0.2) is 46.0 Å². The molecule has 190 valence electrons. The van der Waals surface area contributed by atoms with Gasteiger partial charge in [-0.2, -0.15) is 0 Å². The van der Waals surface area contributed by atoms with Crippen molar-refractivity contribution in [2.75, 3.05) is 19.0 Å². The normalized spacial score (nSPS) is 10.9. The van der Waals surface area contributed by atoms with Crippen LogP contribution in [0.4, 0.5) is 14.7 Å². The molecule has 1 aromatic heterocycles. The molecular weight excluding hydrogens is 478 g/mol. The van der Waals surface area contributed by atoms with Crippen LogP contribution < -0.4 is 10.1 Å². The SMILES string of the molecule is COc1ccc(-c2cn(-c3ccc(F)cc3)c(NC(=O)CN(C(=O)c3ccccc3F)C(C)C)n2)cc1. The summed E-state index contributed by atoms with van der Waals surface area (Å²) >= 11 is 0. The number of imidazole rings is 1. The van der Waals surface area contributed by atoms with Crippen molar-refractivity contribution in [3.05, 3.63) is 96.2 Å². The molecule has 0 atom stereocenters. The van der Waals surface area contributed by atoms with E-state index in [1.165, 1.54) is 35.2 Å². The van der Waals surface area contributed by atoms with Gasteiger partial charge in [-0.15, -0.1) is 0 Å². The molecule has 0 spiro atoms. The Bertz CT molecular complexity index is 1400. The summed E-state index contributed by atoms with van der Waals surface area (Å²) in [6.07, 6.45) is 1.72. The topological polar surface area (TPSA) is 76.5 Å². The Morgan fingerprint density at radius 3 is 2.30 bits per heavy atom. The maximum absolute atomic E-state index is 14.2. The quantitative estimate of drug-likeness (QED) is 0.353. The second kappa shape index (κ2) is 11.0. The predicted octanol–water partition coefficient (Wildman–Crippen LogP) is 5.32. The van der Waals surface area contributed by atoms with E-state index in [1.54, 1.807) is 62.1 Å². The fourth-order valence-corrected chi connectivity index (χ4v) is 3.77. The monoisotopic (exact) mass is 504 g/mol. The highest BCUT2D eigenvalue weighted by molar-refractivity contribution is 5.99. The van der Waals surface area contributed by atoms with Crippen molar-refractivity contribution in [1.29, 1.82) is 0 Å². The molecule has 37 heavy (non-hydrogen) atoms. The van der Waals surface area contributed by atoms with Crippen LogP contribution in [0.25, 0.3) is 16.9 Å². The molecule has 9 heteroatoms. The first kappa shape index (κ1) is 25.6. The third kappa shape index (κ3) is 5.83. The maximum atomic E-state index is 14.2. The van der Waals surface area contributed by atoms with E-state index in [4.69, 9.17) is 4.74 Å². The minimum absolute atomic E-state index is 0.112. The summed E-state index contributed by atoms with van der Waals surface area (Å²) in [4.78, 5) is 31.9. The van der Waals surface area contributed by atoms with Gasteiger partial charge in [-0.3, -0.25) is 19.5 Å². The highest BCUT2D eigenvalue weighted by Crippen LogP contribution is 2.26. The Balaban J connectivity index is 1.63. The van der Waals surface area contributed by atoms with Crippen molar-refractivity contribution in [3.63, 3.8) is 0 Å². The molecule has 1 N–H and O–H groups in total. The molecule has 3 aromatic carbocycles. The molecule has 0 aliphatic heterocycles. The van der Waals surface area contributed by atoms with Crippen LogP contribution in [0.5, 0.6) is 5.75 Å². The molecule has 0 aliphatic rings. The third-order valence-electron chi connectivity index (χ3n) is 5.75. The van der Waals surface area contributed by atoms with Gasteiger partial charge in [0.2, 0.25) is 11.9 Å². The van der Waals surface area contributed by atoms with Gasteiger partial charge >= 0.3 is 0 Å². The number of ether oxygens (including phenoxy) is 1. The van der Waals surface area contributed by atoms with Crippen LogP contribution >= 0.6 is 0 Å². The van der Waals surface area contributed by atoms with E-state index in [-0.39, 0.29) is 24.1 Å². The summed E-state index contributed by atoms with van der Waals surface area (Å²) in [6.45, 7) is 3.17. The third-order valence-corrected chi connectivity index (χ3v) is 5.75. The Morgan fingerprint density at radius 1 is 1.00 bits per heavy atom. The average molecular weight is 505 g/mol. The van der Waals surface area contributed by atoms with Gasteiger partial charge in [-0.25, -0.2) is 13.8 Å². The molecule has 2 amide bonds. The van der Waals surface area contributed by atoms with E-state index < -0.39 is 23.4 Å². The van der Waals surface area contributed by atoms with Gasteiger partial charge in [0.25, 0.3) is 5.91 Å². The van der Waals surface area contributed by atoms with E-state index in [9.17, 15) is 18.4 Å². The number of anilines is 1. The van der Waals surface area contributed by atoms with E-state index in [2.05, 4.69) is 10.3 Å². The van der Waals surface area contributed by atoms with Crippen molar-refractivity contribution in [2.24, 2.45) is 0 Å². The summed E-state index contributed by atoms with van der Waals surface area (Å²) in [7, 11) is 1.57. The molecular formula is C28H26F2N4O3. The minimum Gasteiger partial charge on any atom is -0.497 e. The smallest absolute Gasteiger partial charge is 0.257 e. The lowest BCUT2D eigenvalue weighted by atomic mass is 10.1. The van der Waals surface area contributed by atoms with E-state index >= 15 is 0 Å². The number of hydrogen-bond acceptors (Lipinski definition) is 4. The fourth-order valence-electron chi connectivity index (χ4n) is 3.77. The molecule has 4 aromatic rings. The van der Waals surface area contributed by atoms with Gasteiger partial charge in [0.15, 0.2) is 0 Å². The molecule has 0 saturated heterocycles. The lowest BCUT2D eigenvalue weighted by Crippen LogP contribution is -2.42. The average Bonchev–Trinajstić information content (AvgIpc) is 3.31. The van der Waals surface area contributed by atoms with E-state index in [1.807, 2.05) is 12.1 Å². The zero-order chi connectivity index (χ0) is 26.5. The van der Waals surface area contributed by atoms with Gasteiger partial charge in [0.1, 0.15) is 23.9 Å². The highest BCUT2D eigenvalue weighted by atomic mass is 19.1. The molecule has 0 bridgehead atoms. The Hall–Kier alpha value is -4.53. The number of amides is 2. The first-order valence-corrected chi connectivity index (χ1v) is 11.6. The number of halogens is 2. The maximum Gasteiger partial charge on any atom is 0.257 e. The van der Waals surface area contributed by atoms with Gasteiger partial charge in [0.05, 0.1) is 18.4 Å². The number of nitrogens with zero attached hydrogens (tertiary/aromatic N) is 3. The largest absolute Gasteiger partial charge is 0.497 e. The van der Waals surface area contributed by atoms with Gasteiger partial charge in [0, 0.05) is 23.5 Å². The van der Waals surface area contributed by atoms with Gasteiger partial charge in [-0.05, 0) is 74.5 Å². The zero-order valence-corrected chi connectivity index (χ0v) is 20.6. The number of aromatic nitrogens is 2. The molecule has 0 saturated carbocycles. The standard InChI is InChI=1S/C28H26F2N4O3/c1-18(2)33(27(36)23-6-4-5-7-24(23)30)17-26(35)32-28-31-25(19-8-14-22(37-3)15-9-19)16-34(28)21-12-10-20(29)11-13-21/h4-16,18H,17H2,1-3H3,(H,31,32,35). The zero-order valence-electron chi connectivity index (χ0n) is 20.6. The van der Waals surface area contributed by atoms with Crippen LogP contribution in [0.2, 0.25) is 0 Å². The first-order chi connectivity index (χ1) is 17.8. The summed E-state index contributed by atoms with van der Waals surface area (Å²) < 4.78 is 34.6. The summed E-state index contributed by atoms with van der Waals surface area (Å²) in [6, 6.07) is 18.2. The molecule has 0 unspecified atom stereocenters. The number of carbonyl (C=O) groups is 2. The summed E-state index contributed by atoms with van der Waals surface area (Å²) in [5, 5.41) is 2.75. The van der Waals surface area contributed by atoms with Gasteiger partial charge < -0.3 is 9.64 Å². The lowest BCUT2D eigenvalue weighted by Gasteiger charge is -2.26. The molecule has 0 aliphatic carbocycles. The van der Waals surface area contributed by atoms with Crippen LogP contribution in [0.3, 0.4) is 0 Å². The Morgan fingerprint density at radius 2 is 1.68 bits per heavy atom. The summed E-state index contributed by atoms with van der Waals surface area (Å²) in [5.74, 6) is -1.30. The van der Waals surface area contributed by atoms with Crippen LogP contribution in [-0.2, 0) is 4.79 Å². The van der Waals surface area contributed by atoms with Crippen molar-refractivity contribution in [2.45, 2.75) is 19.9 Å². The second-order valence-corrected chi connectivity index (χ2v) is 8.58. The lowest BCUT2D eigenvalue weighted by molar-refractivity contribution is -0.117. The van der Waals surface area contributed by atoms with Crippen molar-refractivity contribution in [1.82, 2.24) is 14.5 Å². The number of carbonyl (C=O) groups excluding carboxylic acids is 2. The molecule has 0 radical (unpaired) electrons. The number of benzene rings is 3. The van der Waals surface area contributed by atoms with Gasteiger partial charge in [-0.1, -0.05) is 12.1 Å². The van der Waals surface area contributed by atoms with Crippen LogP contribution in [0.1, 0.15) is 24.2 Å². The van der Waals surface area contributed by atoms with E-state index in [0.717, 1.165) is 5.56 Å². The predicted molar refractivity (Wildman–Crippen MR) is 137 cm³/mol. The van der Waals surface area contributed by atoms with E-state index in [0.29, 0.717) is 17.1 Å². The van der Waals surface area contributed by atoms with Crippen LogP contribution in [0.15, 0.2) is 79.0 Å². The number of methoxy groups -OCH3 is 1. The molecule has 0 fully saturated rings. The molecule has 7 nitrogen and oxygen atoms in total. The number of nitrogens with one attached hydrogen (secondary N) is 1. The number of hydrogen-bond donors (Lipinski definition) is 1. The van der Waals surface area contributed by atoms with Crippen molar-refractivity contribution < 1.29 is 23.1 Å². The van der Waals surface area contributed by atoms with Crippen molar-refractivity contribution >= 4 is 17.8 Å². The molecule has 4 rings (SSSR count). The fraction of sp³-hybridized carbons (Fsp3) is 0.179. The number of rotatable bonds is 8. The first-order valence-electron chi connectivity index (χ1n) is 11.6. The highest BCUT2D eigenvalue weighted by Gasteiger charge is 2.25. The molecule has 1 heterocycles. The minimum atomic E-state index is -0.658. The second-order valence-electron chi connectivity index (χ2n) is 8.58. The van der Waals surface area contributed by atoms with Crippen LogP contribution in [0, 0.1) is 11.6 Å². The summed E-state index contributed by atoms with van der Waals surface area (Å²) in [5.41, 5.74) is 1.80. The Kier molecular flexibility index (Phi) is 7.62. The van der Waals surface area contributed by atoms with Crippen molar-refractivity contribution in [3.8, 4) is 22.7 Å². The Labute approximate surface area is 213 Å².